The first-order valence-corrected chi connectivity index (χ1v) is 6.01. The normalized spacial score (nSPS) is 20.9. The third kappa shape index (κ3) is 2.30. The van der Waals surface area contributed by atoms with Gasteiger partial charge in [-0.2, -0.15) is 0 Å². The van der Waals surface area contributed by atoms with Gasteiger partial charge in [-0.1, -0.05) is 11.3 Å². The van der Waals surface area contributed by atoms with Gasteiger partial charge < -0.3 is 15.3 Å². The van der Waals surface area contributed by atoms with Gasteiger partial charge in [0.15, 0.2) is 0 Å². The smallest absolute Gasteiger partial charge is 0.284 e. The first-order valence-electron chi connectivity index (χ1n) is 5.19. The van der Waals surface area contributed by atoms with Crippen molar-refractivity contribution in [3.05, 3.63) is 5.01 Å². The standard InChI is InChI=1S/C9H14N4O2S/c1-10-9-12-11-7(16-9)8(15)13-4-2-3-6(14)5-13/h6,14H,2-5H2,1H3,(H,10,12). The summed E-state index contributed by atoms with van der Waals surface area (Å²) in [7, 11) is 1.74. The Morgan fingerprint density at radius 1 is 1.62 bits per heavy atom. The summed E-state index contributed by atoms with van der Waals surface area (Å²) in [6.45, 7) is 1.08. The fourth-order valence-electron chi connectivity index (χ4n) is 1.69. The molecule has 0 aliphatic carbocycles. The van der Waals surface area contributed by atoms with Crippen LogP contribution in [0.4, 0.5) is 5.13 Å². The summed E-state index contributed by atoms with van der Waals surface area (Å²) in [5.74, 6) is -0.141. The van der Waals surface area contributed by atoms with Gasteiger partial charge in [-0.15, -0.1) is 10.2 Å². The van der Waals surface area contributed by atoms with Crippen LogP contribution in [0.5, 0.6) is 0 Å². The van der Waals surface area contributed by atoms with Crippen molar-refractivity contribution in [2.75, 3.05) is 25.5 Å². The van der Waals surface area contributed by atoms with Crippen molar-refractivity contribution in [3.63, 3.8) is 0 Å². The van der Waals surface area contributed by atoms with E-state index in [-0.39, 0.29) is 5.91 Å². The quantitative estimate of drug-likeness (QED) is 0.773. The predicted octanol–water partition coefficient (Wildman–Crippen LogP) is 0.177. The summed E-state index contributed by atoms with van der Waals surface area (Å²) in [5.41, 5.74) is 0. The zero-order valence-electron chi connectivity index (χ0n) is 9.01. The molecule has 1 amide bonds. The Hall–Kier alpha value is -1.21. The molecule has 16 heavy (non-hydrogen) atoms. The highest BCUT2D eigenvalue weighted by Gasteiger charge is 2.25. The lowest BCUT2D eigenvalue weighted by Gasteiger charge is -2.29. The van der Waals surface area contributed by atoms with E-state index in [1.165, 1.54) is 11.3 Å². The van der Waals surface area contributed by atoms with Crippen molar-refractivity contribution in [2.45, 2.75) is 18.9 Å². The minimum absolute atomic E-state index is 0.141. The van der Waals surface area contributed by atoms with E-state index < -0.39 is 6.10 Å². The molecule has 1 aliphatic heterocycles. The molecule has 1 atom stereocenters. The number of carbonyl (C=O) groups is 1. The molecule has 2 rings (SSSR count). The molecule has 88 valence electrons. The summed E-state index contributed by atoms with van der Waals surface area (Å²) in [4.78, 5) is 13.6. The molecular weight excluding hydrogens is 228 g/mol. The number of hydrogen-bond acceptors (Lipinski definition) is 6. The van der Waals surface area contributed by atoms with Gasteiger partial charge in [0.25, 0.3) is 5.91 Å². The minimum Gasteiger partial charge on any atom is -0.391 e. The Balaban J connectivity index is 2.06. The molecule has 0 bridgehead atoms. The fraction of sp³-hybridized carbons (Fsp3) is 0.667. The number of piperidine rings is 1. The monoisotopic (exact) mass is 242 g/mol. The molecule has 1 saturated heterocycles. The summed E-state index contributed by atoms with van der Waals surface area (Å²) in [5, 5.41) is 21.0. The Kier molecular flexibility index (Phi) is 3.35. The van der Waals surface area contributed by atoms with Gasteiger partial charge in [-0.05, 0) is 12.8 Å². The lowest BCUT2D eigenvalue weighted by atomic mass is 10.1. The largest absolute Gasteiger partial charge is 0.391 e. The number of rotatable bonds is 2. The maximum absolute atomic E-state index is 12.0. The van der Waals surface area contributed by atoms with Gasteiger partial charge in [0.2, 0.25) is 10.1 Å². The van der Waals surface area contributed by atoms with Crippen LogP contribution < -0.4 is 5.32 Å². The van der Waals surface area contributed by atoms with Gasteiger partial charge in [-0.25, -0.2) is 0 Å². The van der Waals surface area contributed by atoms with Crippen LogP contribution in [0, 0.1) is 0 Å². The number of hydrogen-bond donors (Lipinski definition) is 2. The van der Waals surface area contributed by atoms with Crippen molar-refractivity contribution in [3.8, 4) is 0 Å². The molecule has 1 aromatic rings. The van der Waals surface area contributed by atoms with Crippen LogP contribution in [0.1, 0.15) is 22.6 Å². The fourth-order valence-corrected chi connectivity index (χ4v) is 2.35. The first-order chi connectivity index (χ1) is 7.70. The van der Waals surface area contributed by atoms with E-state index in [0.717, 1.165) is 12.8 Å². The zero-order valence-corrected chi connectivity index (χ0v) is 9.83. The van der Waals surface area contributed by atoms with E-state index in [9.17, 15) is 9.90 Å². The van der Waals surface area contributed by atoms with Crippen molar-refractivity contribution < 1.29 is 9.90 Å². The van der Waals surface area contributed by atoms with E-state index >= 15 is 0 Å². The van der Waals surface area contributed by atoms with Gasteiger partial charge in [0.05, 0.1) is 6.10 Å². The molecule has 7 heteroatoms. The minimum atomic E-state index is -0.408. The third-order valence-electron chi connectivity index (χ3n) is 2.51. The highest BCUT2D eigenvalue weighted by Crippen LogP contribution is 2.18. The van der Waals surface area contributed by atoms with E-state index in [4.69, 9.17) is 0 Å². The molecule has 2 heterocycles. The van der Waals surface area contributed by atoms with Crippen LogP contribution in [-0.4, -0.2) is 52.4 Å². The number of likely N-dealkylation sites (tertiary alicyclic amines) is 1. The molecule has 6 nitrogen and oxygen atoms in total. The number of nitrogens with one attached hydrogen (secondary N) is 1. The number of carbonyl (C=O) groups excluding carboxylic acids is 1. The average molecular weight is 242 g/mol. The third-order valence-corrected chi connectivity index (χ3v) is 3.43. The van der Waals surface area contributed by atoms with Crippen molar-refractivity contribution in [1.82, 2.24) is 15.1 Å². The van der Waals surface area contributed by atoms with E-state index in [1.54, 1.807) is 11.9 Å². The number of anilines is 1. The molecule has 1 fully saturated rings. The Labute approximate surface area is 97.3 Å². The topological polar surface area (TPSA) is 78.4 Å². The number of aromatic nitrogens is 2. The van der Waals surface area contributed by atoms with Gasteiger partial charge in [0.1, 0.15) is 0 Å². The molecule has 0 saturated carbocycles. The van der Waals surface area contributed by atoms with Crippen LogP contribution in [0.3, 0.4) is 0 Å². The number of β-amino-alcohol motifs (C(OH)–C–C–N with tert-alkyl or cyclic N) is 1. The Bertz CT molecular complexity index is 381. The van der Waals surface area contributed by atoms with E-state index in [1.807, 2.05) is 0 Å². The second kappa shape index (κ2) is 4.75. The highest BCUT2D eigenvalue weighted by atomic mass is 32.1. The Morgan fingerprint density at radius 2 is 2.44 bits per heavy atom. The van der Waals surface area contributed by atoms with Gasteiger partial charge in [-0.3, -0.25) is 4.79 Å². The number of aliphatic hydroxyl groups is 1. The van der Waals surface area contributed by atoms with Crippen LogP contribution in [0.25, 0.3) is 0 Å². The van der Waals surface area contributed by atoms with E-state index in [0.29, 0.717) is 23.2 Å². The number of nitrogens with zero attached hydrogens (tertiary/aromatic N) is 3. The SMILES string of the molecule is CNc1nnc(C(=O)N2CCCC(O)C2)s1. The van der Waals surface area contributed by atoms with Gasteiger partial charge in [0, 0.05) is 20.1 Å². The van der Waals surface area contributed by atoms with Crippen LogP contribution in [0.15, 0.2) is 0 Å². The second-order valence-corrected chi connectivity index (χ2v) is 4.69. The summed E-state index contributed by atoms with van der Waals surface area (Å²) >= 11 is 1.23. The van der Waals surface area contributed by atoms with Crippen molar-refractivity contribution in [2.24, 2.45) is 0 Å². The van der Waals surface area contributed by atoms with Crippen molar-refractivity contribution >= 4 is 22.4 Å². The van der Waals surface area contributed by atoms with Crippen LogP contribution in [0.2, 0.25) is 0 Å². The van der Waals surface area contributed by atoms with Crippen LogP contribution in [-0.2, 0) is 0 Å². The Morgan fingerprint density at radius 3 is 3.06 bits per heavy atom. The molecule has 0 spiro atoms. The number of amides is 1. The molecule has 1 aromatic heterocycles. The van der Waals surface area contributed by atoms with E-state index in [2.05, 4.69) is 15.5 Å². The number of aliphatic hydroxyl groups excluding tert-OH is 1. The summed E-state index contributed by atoms with van der Waals surface area (Å²) < 4.78 is 0. The summed E-state index contributed by atoms with van der Waals surface area (Å²) in [6, 6.07) is 0. The zero-order chi connectivity index (χ0) is 11.5. The lowest BCUT2D eigenvalue weighted by Crippen LogP contribution is -2.42. The molecule has 0 aromatic carbocycles. The average Bonchev–Trinajstić information content (AvgIpc) is 2.76. The second-order valence-electron chi connectivity index (χ2n) is 3.71. The van der Waals surface area contributed by atoms with Crippen molar-refractivity contribution in [1.29, 1.82) is 0 Å². The lowest BCUT2D eigenvalue weighted by molar-refractivity contribution is 0.0473. The van der Waals surface area contributed by atoms with Crippen LogP contribution >= 0.6 is 11.3 Å². The van der Waals surface area contributed by atoms with Gasteiger partial charge >= 0.3 is 0 Å². The molecule has 2 N–H and O–H groups in total. The molecule has 1 unspecified atom stereocenters. The molecule has 1 aliphatic rings. The predicted molar refractivity (Wildman–Crippen MR) is 60.6 cm³/mol. The first kappa shape index (κ1) is 11.3. The highest BCUT2D eigenvalue weighted by molar-refractivity contribution is 7.17. The maximum atomic E-state index is 12.0. The molecule has 0 radical (unpaired) electrons. The maximum Gasteiger partial charge on any atom is 0.284 e. The summed E-state index contributed by atoms with van der Waals surface area (Å²) in [6.07, 6.45) is 1.20. The molecular formula is C9H14N4O2S.